The maximum absolute atomic E-state index is 5.77. The molecule has 1 unspecified atom stereocenters. The van der Waals surface area contributed by atoms with Crippen LogP contribution in [0.3, 0.4) is 0 Å². The van der Waals surface area contributed by atoms with Crippen LogP contribution in [-0.4, -0.2) is 24.2 Å². The van der Waals surface area contributed by atoms with E-state index in [1.807, 2.05) is 18.3 Å². The van der Waals surface area contributed by atoms with Gasteiger partial charge in [-0.05, 0) is 31.0 Å². The summed E-state index contributed by atoms with van der Waals surface area (Å²) in [6.45, 7) is 2.80. The van der Waals surface area contributed by atoms with Crippen molar-refractivity contribution in [3.63, 3.8) is 0 Å². The summed E-state index contributed by atoms with van der Waals surface area (Å²) >= 11 is 0. The minimum Gasteiger partial charge on any atom is -0.372 e. The molecule has 0 aliphatic carbocycles. The second kappa shape index (κ2) is 6.77. The summed E-state index contributed by atoms with van der Waals surface area (Å²) < 4.78 is 5.77. The first-order valence-electron chi connectivity index (χ1n) is 5.16. The molecule has 1 N–H and O–H groups in total. The zero-order valence-corrected chi connectivity index (χ0v) is 9.50. The van der Waals surface area contributed by atoms with Crippen LogP contribution in [0.15, 0.2) is 24.5 Å². The third-order valence-corrected chi connectivity index (χ3v) is 2.46. The fraction of sp³-hybridized carbons (Fsp3) is 0.545. The Morgan fingerprint density at radius 1 is 1.53 bits per heavy atom. The van der Waals surface area contributed by atoms with Crippen LogP contribution in [0.5, 0.6) is 0 Å². The SMILES string of the molecule is Cl.c1cncc(COC2CCCNC2)c1. The molecule has 0 radical (unpaired) electrons. The maximum atomic E-state index is 5.77. The molecule has 2 heterocycles. The highest BCUT2D eigenvalue weighted by molar-refractivity contribution is 5.85. The molecule has 1 atom stereocenters. The molecule has 0 spiro atoms. The van der Waals surface area contributed by atoms with Gasteiger partial charge in [0.2, 0.25) is 0 Å². The van der Waals surface area contributed by atoms with Gasteiger partial charge in [-0.2, -0.15) is 0 Å². The van der Waals surface area contributed by atoms with Crippen LogP contribution in [0.25, 0.3) is 0 Å². The van der Waals surface area contributed by atoms with E-state index in [0.29, 0.717) is 12.7 Å². The number of piperidine rings is 1. The third kappa shape index (κ3) is 4.16. The monoisotopic (exact) mass is 228 g/mol. The molecule has 0 amide bonds. The number of rotatable bonds is 3. The fourth-order valence-electron chi connectivity index (χ4n) is 1.66. The number of nitrogens with zero attached hydrogens (tertiary/aromatic N) is 1. The summed E-state index contributed by atoms with van der Waals surface area (Å²) in [7, 11) is 0. The van der Waals surface area contributed by atoms with Gasteiger partial charge in [-0.3, -0.25) is 4.98 Å². The Labute approximate surface area is 96.7 Å². The number of halogens is 1. The molecule has 1 aliphatic heterocycles. The van der Waals surface area contributed by atoms with Crippen LogP contribution in [0.4, 0.5) is 0 Å². The van der Waals surface area contributed by atoms with E-state index in [1.165, 1.54) is 12.8 Å². The number of aromatic nitrogens is 1. The van der Waals surface area contributed by atoms with E-state index in [0.717, 1.165) is 18.7 Å². The molecule has 84 valence electrons. The molecule has 1 fully saturated rings. The van der Waals surface area contributed by atoms with E-state index < -0.39 is 0 Å². The number of hydrogen-bond acceptors (Lipinski definition) is 3. The average Bonchev–Trinajstić information content (AvgIpc) is 2.29. The minimum atomic E-state index is 0. The van der Waals surface area contributed by atoms with Crippen LogP contribution in [0.2, 0.25) is 0 Å². The second-order valence-electron chi connectivity index (χ2n) is 3.64. The van der Waals surface area contributed by atoms with Crippen molar-refractivity contribution in [1.82, 2.24) is 10.3 Å². The Morgan fingerprint density at radius 3 is 3.13 bits per heavy atom. The number of nitrogens with one attached hydrogen (secondary N) is 1. The highest BCUT2D eigenvalue weighted by atomic mass is 35.5. The van der Waals surface area contributed by atoms with Crippen molar-refractivity contribution in [3.05, 3.63) is 30.1 Å². The van der Waals surface area contributed by atoms with Gasteiger partial charge in [-0.15, -0.1) is 12.4 Å². The van der Waals surface area contributed by atoms with E-state index in [4.69, 9.17) is 4.74 Å². The zero-order chi connectivity index (χ0) is 9.64. The maximum Gasteiger partial charge on any atom is 0.0736 e. The molecule has 1 aliphatic rings. The van der Waals surface area contributed by atoms with Crippen molar-refractivity contribution in [3.8, 4) is 0 Å². The molecule has 0 saturated carbocycles. The predicted molar refractivity (Wildman–Crippen MR) is 62.2 cm³/mol. The first-order chi connectivity index (χ1) is 6.95. The van der Waals surface area contributed by atoms with Gasteiger partial charge in [0.1, 0.15) is 0 Å². The Hall–Kier alpha value is -0.640. The highest BCUT2D eigenvalue weighted by Gasteiger charge is 2.12. The van der Waals surface area contributed by atoms with Gasteiger partial charge >= 0.3 is 0 Å². The number of ether oxygens (including phenoxy) is 1. The number of hydrogen-bond donors (Lipinski definition) is 1. The third-order valence-electron chi connectivity index (χ3n) is 2.46. The summed E-state index contributed by atoms with van der Waals surface area (Å²) in [5.41, 5.74) is 1.15. The lowest BCUT2D eigenvalue weighted by atomic mass is 10.1. The lowest BCUT2D eigenvalue weighted by molar-refractivity contribution is 0.0252. The summed E-state index contributed by atoms with van der Waals surface area (Å²) in [4.78, 5) is 4.05. The van der Waals surface area contributed by atoms with Crippen molar-refractivity contribution < 1.29 is 4.74 Å². The van der Waals surface area contributed by atoms with Crippen molar-refractivity contribution in [2.24, 2.45) is 0 Å². The first kappa shape index (κ1) is 12.4. The average molecular weight is 229 g/mol. The largest absolute Gasteiger partial charge is 0.372 e. The molecular weight excluding hydrogens is 212 g/mol. The molecule has 0 aromatic carbocycles. The van der Waals surface area contributed by atoms with E-state index >= 15 is 0 Å². The normalized spacial score (nSPS) is 20.7. The smallest absolute Gasteiger partial charge is 0.0736 e. The van der Waals surface area contributed by atoms with Crippen LogP contribution in [0.1, 0.15) is 18.4 Å². The Balaban J connectivity index is 0.00000112. The van der Waals surface area contributed by atoms with Gasteiger partial charge in [0.05, 0.1) is 12.7 Å². The van der Waals surface area contributed by atoms with Crippen molar-refractivity contribution in [1.29, 1.82) is 0 Å². The molecule has 15 heavy (non-hydrogen) atoms. The van der Waals surface area contributed by atoms with Crippen LogP contribution < -0.4 is 5.32 Å². The van der Waals surface area contributed by atoms with Crippen LogP contribution in [0, 0.1) is 0 Å². The van der Waals surface area contributed by atoms with Crippen molar-refractivity contribution >= 4 is 12.4 Å². The Bertz CT molecular complexity index is 263. The standard InChI is InChI=1S/C11H16N2O.ClH/c1-3-10(7-12-5-1)9-14-11-4-2-6-13-8-11;/h1,3,5,7,11,13H,2,4,6,8-9H2;1H. The Kier molecular flexibility index (Phi) is 5.61. The highest BCUT2D eigenvalue weighted by Crippen LogP contribution is 2.08. The molecule has 1 aromatic rings. The van der Waals surface area contributed by atoms with Crippen LogP contribution in [-0.2, 0) is 11.3 Å². The topological polar surface area (TPSA) is 34.1 Å². The van der Waals surface area contributed by atoms with Crippen molar-refractivity contribution in [2.45, 2.75) is 25.6 Å². The quantitative estimate of drug-likeness (QED) is 0.857. The van der Waals surface area contributed by atoms with Gasteiger partial charge in [-0.1, -0.05) is 6.07 Å². The summed E-state index contributed by atoms with van der Waals surface area (Å²) in [5, 5.41) is 3.33. The summed E-state index contributed by atoms with van der Waals surface area (Å²) in [5.74, 6) is 0. The van der Waals surface area contributed by atoms with Gasteiger partial charge in [0.25, 0.3) is 0 Å². The summed E-state index contributed by atoms with van der Waals surface area (Å²) in [6.07, 6.45) is 6.41. The fourth-order valence-corrected chi connectivity index (χ4v) is 1.66. The Morgan fingerprint density at radius 2 is 2.47 bits per heavy atom. The second-order valence-corrected chi connectivity index (χ2v) is 3.64. The molecule has 2 rings (SSSR count). The molecule has 1 aromatic heterocycles. The van der Waals surface area contributed by atoms with E-state index in [-0.39, 0.29) is 12.4 Å². The van der Waals surface area contributed by atoms with Gasteiger partial charge in [-0.25, -0.2) is 0 Å². The zero-order valence-electron chi connectivity index (χ0n) is 8.69. The number of pyridine rings is 1. The van der Waals surface area contributed by atoms with E-state index in [9.17, 15) is 0 Å². The molecular formula is C11H17ClN2O. The van der Waals surface area contributed by atoms with Crippen molar-refractivity contribution in [2.75, 3.05) is 13.1 Å². The summed E-state index contributed by atoms with van der Waals surface area (Å²) in [6, 6.07) is 3.99. The lowest BCUT2D eigenvalue weighted by Crippen LogP contribution is -2.35. The van der Waals surface area contributed by atoms with E-state index in [2.05, 4.69) is 10.3 Å². The molecule has 3 nitrogen and oxygen atoms in total. The van der Waals surface area contributed by atoms with Gasteiger partial charge < -0.3 is 10.1 Å². The van der Waals surface area contributed by atoms with Gasteiger partial charge in [0.15, 0.2) is 0 Å². The minimum absolute atomic E-state index is 0. The van der Waals surface area contributed by atoms with Gasteiger partial charge in [0, 0.05) is 18.9 Å². The first-order valence-corrected chi connectivity index (χ1v) is 5.16. The van der Waals surface area contributed by atoms with Crippen LogP contribution >= 0.6 is 12.4 Å². The van der Waals surface area contributed by atoms with E-state index in [1.54, 1.807) is 6.20 Å². The molecule has 0 bridgehead atoms. The molecule has 1 saturated heterocycles. The molecule has 4 heteroatoms. The lowest BCUT2D eigenvalue weighted by Gasteiger charge is -2.22. The predicted octanol–water partition coefficient (Wildman–Crippen LogP) is 1.77.